The predicted molar refractivity (Wildman–Crippen MR) is 66.5 cm³/mol. The van der Waals surface area contributed by atoms with Crippen molar-refractivity contribution in [2.75, 3.05) is 20.3 Å². The molecular formula is C13H24N2O2. The molecule has 0 bridgehead atoms. The first-order chi connectivity index (χ1) is 8.22. The van der Waals surface area contributed by atoms with Crippen LogP contribution in [0.5, 0.6) is 0 Å². The smallest absolute Gasteiger partial charge is 0.239 e. The van der Waals surface area contributed by atoms with Crippen LogP contribution in [0.15, 0.2) is 0 Å². The van der Waals surface area contributed by atoms with Gasteiger partial charge in [0.05, 0.1) is 6.04 Å². The van der Waals surface area contributed by atoms with Gasteiger partial charge in [-0.25, -0.2) is 0 Å². The quantitative estimate of drug-likeness (QED) is 0.647. The van der Waals surface area contributed by atoms with Gasteiger partial charge < -0.3 is 15.4 Å². The molecule has 0 saturated heterocycles. The number of ether oxygens (including phenoxy) is 1. The lowest BCUT2D eigenvalue weighted by molar-refractivity contribution is -0.133. The molecule has 0 aliphatic heterocycles. The monoisotopic (exact) mass is 240 g/mol. The van der Waals surface area contributed by atoms with Crippen LogP contribution in [0.3, 0.4) is 0 Å². The number of nitrogens with zero attached hydrogens (tertiary/aromatic N) is 1. The van der Waals surface area contributed by atoms with Crippen molar-refractivity contribution in [3.8, 4) is 0 Å². The van der Waals surface area contributed by atoms with Crippen molar-refractivity contribution in [3.63, 3.8) is 0 Å². The van der Waals surface area contributed by atoms with Crippen LogP contribution < -0.4 is 5.73 Å². The van der Waals surface area contributed by atoms with E-state index >= 15 is 0 Å². The number of amides is 1. The van der Waals surface area contributed by atoms with Gasteiger partial charge in [-0.3, -0.25) is 4.79 Å². The summed E-state index contributed by atoms with van der Waals surface area (Å²) in [5.41, 5.74) is 5.97. The molecule has 0 heterocycles. The summed E-state index contributed by atoms with van der Waals surface area (Å²) < 4.78 is 4.99. The molecule has 17 heavy (non-hydrogen) atoms. The molecule has 4 nitrogen and oxygen atoms in total. The number of methoxy groups -OCH3 is 1. The van der Waals surface area contributed by atoms with Gasteiger partial charge >= 0.3 is 0 Å². The molecule has 1 amide bonds. The highest BCUT2D eigenvalue weighted by Crippen LogP contribution is 2.35. The highest BCUT2D eigenvalue weighted by atomic mass is 16.5. The van der Waals surface area contributed by atoms with E-state index in [1.807, 2.05) is 0 Å². The Hall–Kier alpha value is -0.610. The standard InChI is InChI=1S/C13H24N2O2/c1-17-8-2-3-12(14)13(16)15(11-6-7-11)9-10-4-5-10/h10-12H,2-9,14H2,1H3. The van der Waals surface area contributed by atoms with E-state index in [9.17, 15) is 4.79 Å². The van der Waals surface area contributed by atoms with E-state index < -0.39 is 0 Å². The van der Waals surface area contributed by atoms with E-state index in [2.05, 4.69) is 4.90 Å². The summed E-state index contributed by atoms with van der Waals surface area (Å²) in [6, 6.07) is 0.168. The summed E-state index contributed by atoms with van der Waals surface area (Å²) in [6.07, 6.45) is 6.52. The number of rotatable bonds is 8. The van der Waals surface area contributed by atoms with Gasteiger partial charge in [0.2, 0.25) is 5.91 Å². The Kier molecular flexibility index (Phi) is 4.40. The topological polar surface area (TPSA) is 55.6 Å². The zero-order valence-corrected chi connectivity index (χ0v) is 10.7. The van der Waals surface area contributed by atoms with Crippen molar-refractivity contribution >= 4 is 5.91 Å². The lowest BCUT2D eigenvalue weighted by Crippen LogP contribution is -2.45. The molecule has 0 aromatic carbocycles. The molecule has 4 heteroatoms. The summed E-state index contributed by atoms with van der Waals surface area (Å²) in [5, 5.41) is 0. The maximum absolute atomic E-state index is 12.2. The van der Waals surface area contributed by atoms with E-state index in [1.165, 1.54) is 25.7 Å². The summed E-state index contributed by atoms with van der Waals surface area (Å²) in [6.45, 7) is 1.63. The number of hydrogen-bond donors (Lipinski definition) is 1. The number of hydrogen-bond acceptors (Lipinski definition) is 3. The third-order valence-corrected chi connectivity index (χ3v) is 3.60. The number of carbonyl (C=O) groups is 1. The summed E-state index contributed by atoms with van der Waals surface area (Å²) >= 11 is 0. The molecule has 98 valence electrons. The van der Waals surface area contributed by atoms with Gasteiger partial charge in [0.1, 0.15) is 0 Å². The average Bonchev–Trinajstić information content (AvgIpc) is 3.16. The minimum atomic E-state index is -0.329. The van der Waals surface area contributed by atoms with Gasteiger partial charge in [0.15, 0.2) is 0 Å². The molecule has 2 aliphatic rings. The summed E-state index contributed by atoms with van der Waals surface area (Å²) in [7, 11) is 1.68. The van der Waals surface area contributed by atoms with Crippen molar-refractivity contribution in [3.05, 3.63) is 0 Å². The van der Waals surface area contributed by atoms with Gasteiger partial charge in [-0.15, -0.1) is 0 Å². The van der Waals surface area contributed by atoms with Crippen LogP contribution in [0.25, 0.3) is 0 Å². The molecule has 2 N–H and O–H groups in total. The van der Waals surface area contributed by atoms with Gasteiger partial charge in [-0.2, -0.15) is 0 Å². The predicted octanol–water partition coefficient (Wildman–Crippen LogP) is 1.14. The number of carbonyl (C=O) groups excluding carboxylic acids is 1. The Labute approximate surface area is 103 Å². The van der Waals surface area contributed by atoms with Gasteiger partial charge in [0, 0.05) is 26.3 Å². The van der Waals surface area contributed by atoms with Crippen molar-refractivity contribution < 1.29 is 9.53 Å². The second-order valence-corrected chi connectivity index (χ2v) is 5.41. The maximum atomic E-state index is 12.2. The van der Waals surface area contributed by atoms with Crippen LogP contribution in [0.4, 0.5) is 0 Å². The molecule has 0 spiro atoms. The van der Waals surface area contributed by atoms with Gasteiger partial charge in [-0.1, -0.05) is 0 Å². The first kappa shape index (κ1) is 12.8. The molecule has 0 radical (unpaired) electrons. The fourth-order valence-electron chi connectivity index (χ4n) is 2.17. The van der Waals surface area contributed by atoms with Crippen molar-refractivity contribution in [1.29, 1.82) is 0 Å². The Morgan fingerprint density at radius 2 is 2.12 bits per heavy atom. The van der Waals surface area contributed by atoms with Crippen molar-refractivity contribution in [2.45, 2.75) is 50.6 Å². The fraction of sp³-hybridized carbons (Fsp3) is 0.923. The number of nitrogens with two attached hydrogens (primary N) is 1. The Balaban J connectivity index is 1.77. The zero-order chi connectivity index (χ0) is 12.3. The minimum absolute atomic E-state index is 0.163. The van der Waals surface area contributed by atoms with Crippen LogP contribution in [-0.4, -0.2) is 43.2 Å². The Morgan fingerprint density at radius 3 is 2.65 bits per heavy atom. The molecule has 0 aromatic heterocycles. The van der Waals surface area contributed by atoms with Gasteiger partial charge in [-0.05, 0) is 44.4 Å². The SMILES string of the molecule is COCCCC(N)C(=O)N(CC1CC1)C1CC1. The molecule has 1 unspecified atom stereocenters. The third kappa shape index (κ3) is 3.96. The highest BCUT2D eigenvalue weighted by Gasteiger charge is 2.37. The van der Waals surface area contributed by atoms with E-state index in [0.717, 1.165) is 25.3 Å². The molecule has 2 rings (SSSR count). The van der Waals surface area contributed by atoms with E-state index in [1.54, 1.807) is 7.11 Å². The minimum Gasteiger partial charge on any atom is -0.385 e. The zero-order valence-electron chi connectivity index (χ0n) is 10.7. The molecule has 1 atom stereocenters. The normalized spacial score (nSPS) is 21.3. The van der Waals surface area contributed by atoms with Crippen LogP contribution in [0.1, 0.15) is 38.5 Å². The lowest BCUT2D eigenvalue weighted by Gasteiger charge is -2.25. The third-order valence-electron chi connectivity index (χ3n) is 3.60. The fourth-order valence-corrected chi connectivity index (χ4v) is 2.17. The first-order valence-electron chi connectivity index (χ1n) is 6.77. The molecular weight excluding hydrogens is 216 g/mol. The second-order valence-electron chi connectivity index (χ2n) is 5.41. The van der Waals surface area contributed by atoms with Gasteiger partial charge in [0.25, 0.3) is 0 Å². The van der Waals surface area contributed by atoms with E-state index in [4.69, 9.17) is 10.5 Å². The van der Waals surface area contributed by atoms with Crippen LogP contribution in [0.2, 0.25) is 0 Å². The Bertz CT molecular complexity index is 262. The van der Waals surface area contributed by atoms with Crippen LogP contribution >= 0.6 is 0 Å². The van der Waals surface area contributed by atoms with Crippen LogP contribution in [0, 0.1) is 5.92 Å². The van der Waals surface area contributed by atoms with E-state index in [0.29, 0.717) is 12.6 Å². The second kappa shape index (κ2) is 5.83. The molecule has 2 aliphatic carbocycles. The molecule has 0 aromatic rings. The first-order valence-corrected chi connectivity index (χ1v) is 6.77. The highest BCUT2D eigenvalue weighted by molar-refractivity contribution is 5.82. The van der Waals surface area contributed by atoms with Crippen LogP contribution in [-0.2, 0) is 9.53 Å². The van der Waals surface area contributed by atoms with E-state index in [-0.39, 0.29) is 11.9 Å². The summed E-state index contributed by atoms with van der Waals surface area (Å²) in [4.78, 5) is 14.3. The molecule has 2 saturated carbocycles. The average molecular weight is 240 g/mol. The van der Waals surface area contributed by atoms with Crippen molar-refractivity contribution in [2.24, 2.45) is 11.7 Å². The molecule has 2 fully saturated rings. The van der Waals surface area contributed by atoms with Crippen molar-refractivity contribution in [1.82, 2.24) is 4.90 Å². The maximum Gasteiger partial charge on any atom is 0.239 e. The summed E-state index contributed by atoms with van der Waals surface area (Å²) in [5.74, 6) is 0.918. The lowest BCUT2D eigenvalue weighted by atomic mass is 10.1. The largest absolute Gasteiger partial charge is 0.385 e. The Morgan fingerprint density at radius 1 is 1.41 bits per heavy atom.